The molecule has 4 rings (SSSR count). The van der Waals surface area contributed by atoms with Crippen LogP contribution in [0.1, 0.15) is 51.8 Å². The van der Waals surface area contributed by atoms with E-state index in [2.05, 4.69) is 26.2 Å². The number of ether oxygens (including phenoxy) is 4. The molecule has 0 spiro atoms. The number of rotatable bonds is 13. The number of carboxylic acids is 1. The molecule has 0 aliphatic heterocycles. The van der Waals surface area contributed by atoms with Crippen LogP contribution < -0.4 is 14.2 Å². The first kappa shape index (κ1) is 28.9. The number of aliphatic carboxylic acids is 1. The normalized spacial score (nSPS) is 11.4. The lowest BCUT2D eigenvalue weighted by molar-refractivity contribution is -0.143. The molecule has 10 heteroatoms. The number of nitrogens with zero attached hydrogens (tertiary/aromatic N) is 1. The third-order valence-electron chi connectivity index (χ3n) is 5.85. The Morgan fingerprint density at radius 1 is 1.02 bits per heavy atom. The largest absolute Gasteiger partial charge is 0.494 e. The van der Waals surface area contributed by atoms with Crippen LogP contribution in [0.5, 0.6) is 17.2 Å². The van der Waals surface area contributed by atoms with Gasteiger partial charge in [0.2, 0.25) is 0 Å². The number of esters is 1. The summed E-state index contributed by atoms with van der Waals surface area (Å²) in [7, 11) is 0. The molecular formula is C30H33NO8S. The lowest BCUT2D eigenvalue weighted by Gasteiger charge is -2.14. The summed E-state index contributed by atoms with van der Waals surface area (Å²) in [5.74, 6) is 0.900. The van der Waals surface area contributed by atoms with Crippen LogP contribution in [0, 0.1) is 0 Å². The highest BCUT2D eigenvalue weighted by atomic mass is 32.1. The quantitative estimate of drug-likeness (QED) is 0.140. The fraction of sp³-hybridized carbons (Fsp3) is 0.367. The molecule has 0 aliphatic rings. The van der Waals surface area contributed by atoms with Gasteiger partial charge in [0.25, 0.3) is 0 Å². The molecule has 9 nitrogen and oxygen atoms in total. The number of aromatic nitrogens is 1. The van der Waals surface area contributed by atoms with Crippen molar-refractivity contribution in [1.29, 1.82) is 0 Å². The van der Waals surface area contributed by atoms with E-state index in [1.165, 1.54) is 0 Å². The Morgan fingerprint density at radius 3 is 2.52 bits per heavy atom. The van der Waals surface area contributed by atoms with E-state index in [0.717, 1.165) is 21.7 Å². The van der Waals surface area contributed by atoms with E-state index in [0.29, 0.717) is 48.2 Å². The summed E-state index contributed by atoms with van der Waals surface area (Å²) in [6.07, 6.45) is 0.773. The van der Waals surface area contributed by atoms with Crippen molar-refractivity contribution in [2.24, 2.45) is 0 Å². The predicted octanol–water partition coefficient (Wildman–Crippen LogP) is 6.62. The summed E-state index contributed by atoms with van der Waals surface area (Å²) in [6, 6.07) is 12.6. The summed E-state index contributed by atoms with van der Waals surface area (Å²) in [4.78, 5) is 27.3. The van der Waals surface area contributed by atoms with Gasteiger partial charge in [-0.1, -0.05) is 20.8 Å². The molecule has 0 aliphatic carbocycles. The molecule has 0 unspecified atom stereocenters. The zero-order valence-corrected chi connectivity index (χ0v) is 23.8. The summed E-state index contributed by atoms with van der Waals surface area (Å²) in [6.45, 7) is 8.45. The molecule has 0 radical (unpaired) electrons. The molecule has 212 valence electrons. The highest BCUT2D eigenvalue weighted by Crippen LogP contribution is 2.35. The molecule has 2 aromatic carbocycles. The highest BCUT2D eigenvalue weighted by molar-refractivity contribution is 7.13. The van der Waals surface area contributed by atoms with Gasteiger partial charge in [-0.2, -0.15) is 0 Å². The van der Waals surface area contributed by atoms with Crippen LogP contribution in [0.2, 0.25) is 0 Å². The number of fused-ring (bicyclic) bond motifs is 1. The zero-order chi connectivity index (χ0) is 28.7. The van der Waals surface area contributed by atoms with Crippen molar-refractivity contribution < 1.29 is 38.1 Å². The fourth-order valence-corrected chi connectivity index (χ4v) is 4.78. The second-order valence-electron chi connectivity index (χ2n) is 10.1. The lowest BCUT2D eigenvalue weighted by atomic mass is 9.93. The number of carbonyl (C=O) groups excluding carboxylic acids is 1. The summed E-state index contributed by atoms with van der Waals surface area (Å²) >= 11 is 1.55. The minimum atomic E-state index is -1.08. The molecule has 0 fully saturated rings. The number of hydrogen-bond donors (Lipinski definition) is 1. The second-order valence-corrected chi connectivity index (χ2v) is 11.0. The number of benzene rings is 2. The van der Waals surface area contributed by atoms with Crippen LogP contribution >= 0.6 is 11.3 Å². The monoisotopic (exact) mass is 567 g/mol. The molecule has 4 aromatic rings. The lowest BCUT2D eigenvalue weighted by Crippen LogP contribution is -2.11. The van der Waals surface area contributed by atoms with Crippen molar-refractivity contribution in [2.45, 2.75) is 52.6 Å². The maximum absolute atomic E-state index is 11.5. The van der Waals surface area contributed by atoms with Crippen LogP contribution in [0.15, 0.2) is 52.3 Å². The molecule has 1 N–H and O–H groups in total. The van der Waals surface area contributed by atoms with E-state index >= 15 is 0 Å². The first-order valence-electron chi connectivity index (χ1n) is 13.0. The molecule has 2 aromatic heterocycles. The van der Waals surface area contributed by atoms with Crippen molar-refractivity contribution in [3.63, 3.8) is 0 Å². The first-order valence-corrected chi connectivity index (χ1v) is 13.9. The average molecular weight is 568 g/mol. The van der Waals surface area contributed by atoms with Gasteiger partial charge >= 0.3 is 11.9 Å². The number of carbonyl (C=O) groups is 2. The van der Waals surface area contributed by atoms with Crippen molar-refractivity contribution in [2.75, 3.05) is 19.8 Å². The van der Waals surface area contributed by atoms with Gasteiger partial charge < -0.3 is 28.5 Å². The van der Waals surface area contributed by atoms with Gasteiger partial charge in [-0.25, -0.2) is 9.78 Å². The predicted molar refractivity (Wildman–Crippen MR) is 151 cm³/mol. The summed E-state index contributed by atoms with van der Waals surface area (Å²) < 4.78 is 28.3. The molecule has 0 bridgehead atoms. The Balaban J connectivity index is 1.45. The van der Waals surface area contributed by atoms with E-state index in [-0.39, 0.29) is 24.4 Å². The smallest absolute Gasteiger partial charge is 0.341 e. The van der Waals surface area contributed by atoms with Crippen molar-refractivity contribution in [1.82, 2.24) is 4.98 Å². The third kappa shape index (κ3) is 7.75. The van der Waals surface area contributed by atoms with Crippen molar-refractivity contribution in [3.8, 4) is 28.0 Å². The number of carboxylic acid groups (broad SMARTS) is 1. The molecule has 0 saturated heterocycles. The Hall–Kier alpha value is -4.05. The van der Waals surface area contributed by atoms with Crippen LogP contribution in [-0.2, 0) is 26.3 Å². The molecule has 0 amide bonds. The Bertz CT molecular complexity index is 1470. The van der Waals surface area contributed by atoms with Gasteiger partial charge in [-0.15, -0.1) is 11.3 Å². The zero-order valence-electron chi connectivity index (χ0n) is 23.0. The van der Waals surface area contributed by atoms with Gasteiger partial charge in [-0.05, 0) is 55.8 Å². The second kappa shape index (κ2) is 12.9. The van der Waals surface area contributed by atoms with E-state index in [1.807, 2.05) is 24.3 Å². The molecule has 0 atom stereocenters. The minimum absolute atomic E-state index is 0.0419. The van der Waals surface area contributed by atoms with Crippen molar-refractivity contribution in [3.05, 3.63) is 59.1 Å². The van der Waals surface area contributed by atoms with E-state index in [9.17, 15) is 9.59 Å². The number of furan rings is 1. The summed E-state index contributed by atoms with van der Waals surface area (Å²) in [5.41, 5.74) is 2.32. The van der Waals surface area contributed by atoms with E-state index < -0.39 is 12.6 Å². The molecule has 0 saturated carbocycles. The van der Waals surface area contributed by atoms with Crippen LogP contribution in [0.3, 0.4) is 0 Å². The van der Waals surface area contributed by atoms with Crippen LogP contribution in [-0.4, -0.2) is 41.8 Å². The SMILES string of the molecule is CCOC(=O)CCCOc1ccc(OCC(=O)O)c(COc2ccc3oc(-c4nc(C(C)(C)C)cs4)cc3c2)c1. The fourth-order valence-electron chi connectivity index (χ4n) is 3.79. The Morgan fingerprint density at radius 2 is 1.80 bits per heavy atom. The minimum Gasteiger partial charge on any atom is -0.494 e. The van der Waals surface area contributed by atoms with Gasteiger partial charge in [0.1, 0.15) is 29.4 Å². The Labute approximate surface area is 236 Å². The van der Waals surface area contributed by atoms with Gasteiger partial charge in [0, 0.05) is 28.2 Å². The number of thiazole rings is 1. The van der Waals surface area contributed by atoms with Gasteiger partial charge in [0.05, 0.1) is 18.9 Å². The first-order chi connectivity index (χ1) is 19.1. The summed E-state index contributed by atoms with van der Waals surface area (Å²) in [5, 5.41) is 12.8. The van der Waals surface area contributed by atoms with Crippen molar-refractivity contribution >= 4 is 34.2 Å². The third-order valence-corrected chi connectivity index (χ3v) is 6.70. The number of hydrogen-bond acceptors (Lipinski definition) is 9. The highest BCUT2D eigenvalue weighted by Gasteiger charge is 2.19. The molecule has 40 heavy (non-hydrogen) atoms. The van der Waals surface area contributed by atoms with Gasteiger partial charge in [0.15, 0.2) is 17.4 Å². The standard InChI is InChI=1S/C30H33NO8S/c1-5-35-28(34)7-6-12-36-21-8-10-23(38-17-27(32)33)20(14-21)16-37-22-9-11-24-19(13-22)15-25(39-24)29-31-26(18-40-29)30(2,3)4/h8-11,13-15,18H,5-7,12,16-17H2,1-4H3,(H,32,33). The maximum atomic E-state index is 11.5. The van der Waals surface area contributed by atoms with E-state index in [1.54, 1.807) is 36.5 Å². The Kier molecular flexibility index (Phi) is 9.31. The van der Waals surface area contributed by atoms with Gasteiger partial charge in [-0.3, -0.25) is 4.79 Å². The molecular weight excluding hydrogens is 534 g/mol. The topological polar surface area (TPSA) is 117 Å². The van der Waals surface area contributed by atoms with Crippen LogP contribution in [0.4, 0.5) is 0 Å². The van der Waals surface area contributed by atoms with E-state index in [4.69, 9.17) is 33.5 Å². The molecule has 2 heterocycles. The van der Waals surface area contributed by atoms with Crippen LogP contribution in [0.25, 0.3) is 21.7 Å². The average Bonchev–Trinajstić information content (AvgIpc) is 3.56. The maximum Gasteiger partial charge on any atom is 0.341 e.